The Bertz CT molecular complexity index is 2470. The van der Waals surface area contributed by atoms with Crippen LogP contribution in [-0.4, -0.2) is 40.3 Å². The second-order valence-electron chi connectivity index (χ2n) is 12.1. The van der Waals surface area contributed by atoms with E-state index in [4.69, 9.17) is 16.6 Å². The van der Waals surface area contributed by atoms with E-state index in [0.717, 1.165) is 28.2 Å². The first-order chi connectivity index (χ1) is 23.4. The van der Waals surface area contributed by atoms with E-state index in [1.807, 2.05) is 31.2 Å². The monoisotopic (exact) mass is 698 g/mol. The van der Waals surface area contributed by atoms with E-state index in [9.17, 15) is 22.4 Å². The number of fused-ring (bicyclic) bond motifs is 1. The van der Waals surface area contributed by atoms with Crippen LogP contribution in [0.25, 0.3) is 28.1 Å². The van der Waals surface area contributed by atoms with Crippen LogP contribution in [0.4, 0.5) is 15.8 Å². The summed E-state index contributed by atoms with van der Waals surface area (Å²) < 4.78 is 48.1. The smallest absolute Gasteiger partial charge is 0.296 e. The van der Waals surface area contributed by atoms with Crippen molar-refractivity contribution in [1.82, 2.24) is 18.9 Å². The fraction of sp³-hybridized carbons (Fsp3) is 0.194. The normalized spacial score (nSPS) is 13.2. The lowest BCUT2D eigenvalue weighted by molar-refractivity contribution is 0.102. The number of sulfonamides is 1. The first-order valence-corrected chi connectivity index (χ1v) is 17.4. The van der Waals surface area contributed by atoms with Gasteiger partial charge in [0.25, 0.3) is 21.5 Å². The Hall–Kier alpha value is -5.20. The molecule has 0 atom stereocenters. The fourth-order valence-corrected chi connectivity index (χ4v) is 7.68. The number of aromatic nitrogens is 4. The molecule has 6 aromatic rings. The number of nitrogens with zero attached hydrogens (tertiary/aromatic N) is 5. The number of para-hydroxylation sites is 2. The highest BCUT2D eigenvalue weighted by Gasteiger charge is 2.32. The van der Waals surface area contributed by atoms with Crippen molar-refractivity contribution >= 4 is 49.9 Å². The summed E-state index contributed by atoms with van der Waals surface area (Å²) in [6.45, 7) is 3.50. The van der Waals surface area contributed by atoms with Crippen molar-refractivity contribution in [3.8, 4) is 17.1 Å². The summed E-state index contributed by atoms with van der Waals surface area (Å²) in [5, 5.41) is 2.99. The lowest BCUT2D eigenvalue weighted by atomic mass is 10.1. The number of aryl methyl sites for hydroxylation is 1. The number of amides is 1. The summed E-state index contributed by atoms with van der Waals surface area (Å²) in [6.07, 6.45) is 1.91. The standard InChI is InChI=1S/C36H32ClFN6O4S/c1-21-9-8-12-27(34-39-30-19-23(38)13-18-31(30)43(34)24-14-15-24)32(21)40-35(45)28-20-26(16-17-29(28)37)49(47,48)42(4)33-22(2)41(3)44(36(33)46)25-10-6-5-7-11-25/h5-13,16-20,24H,14-15H2,1-4H3,(H,40,45). The Morgan fingerprint density at radius 2 is 1.73 bits per heavy atom. The third-order valence-corrected chi connectivity index (χ3v) is 11.1. The van der Waals surface area contributed by atoms with Gasteiger partial charge in [0.1, 0.15) is 17.3 Å². The van der Waals surface area contributed by atoms with Gasteiger partial charge in [0, 0.05) is 31.8 Å². The molecule has 4 aromatic carbocycles. The molecule has 1 aliphatic rings. The Morgan fingerprint density at radius 1 is 1.00 bits per heavy atom. The van der Waals surface area contributed by atoms with Crippen molar-refractivity contribution in [3.63, 3.8) is 0 Å². The molecule has 0 aliphatic heterocycles. The van der Waals surface area contributed by atoms with E-state index in [0.29, 0.717) is 34.0 Å². The van der Waals surface area contributed by atoms with Crippen molar-refractivity contribution in [2.24, 2.45) is 7.05 Å². The van der Waals surface area contributed by atoms with Gasteiger partial charge in [-0.3, -0.25) is 18.6 Å². The average Bonchev–Trinajstić information content (AvgIpc) is 3.81. The van der Waals surface area contributed by atoms with E-state index in [1.165, 1.54) is 42.1 Å². The largest absolute Gasteiger partial charge is 0.321 e. The van der Waals surface area contributed by atoms with Crippen LogP contribution in [-0.2, 0) is 17.1 Å². The molecule has 0 unspecified atom stereocenters. The zero-order valence-electron chi connectivity index (χ0n) is 27.1. The first kappa shape index (κ1) is 32.4. The number of halogens is 2. The number of nitrogens with one attached hydrogen (secondary N) is 1. The molecule has 0 bridgehead atoms. The molecule has 13 heteroatoms. The second kappa shape index (κ2) is 12.0. The van der Waals surface area contributed by atoms with E-state index in [1.54, 1.807) is 49.0 Å². The summed E-state index contributed by atoms with van der Waals surface area (Å²) in [5.74, 6) is -0.440. The Kier molecular flexibility index (Phi) is 7.95. The van der Waals surface area contributed by atoms with Gasteiger partial charge in [0.05, 0.1) is 43.6 Å². The molecule has 0 radical (unpaired) electrons. The maximum Gasteiger partial charge on any atom is 0.296 e. The molecular formula is C36H32ClFN6O4S. The topological polar surface area (TPSA) is 111 Å². The predicted octanol–water partition coefficient (Wildman–Crippen LogP) is 7.01. The molecule has 2 heterocycles. The van der Waals surface area contributed by atoms with Crippen LogP contribution in [0.3, 0.4) is 0 Å². The summed E-state index contributed by atoms with van der Waals surface area (Å²) >= 11 is 6.51. The van der Waals surface area contributed by atoms with Gasteiger partial charge in [-0.2, -0.15) is 0 Å². The zero-order chi connectivity index (χ0) is 34.8. The number of anilines is 2. The highest BCUT2D eigenvalue weighted by molar-refractivity contribution is 7.92. The van der Waals surface area contributed by atoms with E-state index < -0.39 is 27.3 Å². The van der Waals surface area contributed by atoms with Crippen LogP contribution in [0.15, 0.2) is 94.6 Å². The van der Waals surface area contributed by atoms with E-state index in [-0.39, 0.29) is 27.2 Å². The van der Waals surface area contributed by atoms with Gasteiger partial charge in [-0.05, 0) is 80.8 Å². The molecule has 0 spiro atoms. The fourth-order valence-electron chi connectivity index (χ4n) is 6.20. The SMILES string of the molecule is Cc1cccc(-c2nc3cc(F)ccc3n2C2CC2)c1NC(=O)c1cc(S(=O)(=O)N(C)c2c(C)n(C)n(-c3ccccc3)c2=O)ccc1Cl. The third-order valence-electron chi connectivity index (χ3n) is 9.00. The molecule has 49 heavy (non-hydrogen) atoms. The Labute approximate surface area is 287 Å². The van der Waals surface area contributed by atoms with Crippen molar-refractivity contribution in [1.29, 1.82) is 0 Å². The van der Waals surface area contributed by atoms with Crippen molar-refractivity contribution in [2.75, 3.05) is 16.7 Å². The van der Waals surface area contributed by atoms with Gasteiger partial charge in [-0.25, -0.2) is 22.5 Å². The number of rotatable bonds is 8. The van der Waals surface area contributed by atoms with Crippen LogP contribution >= 0.6 is 11.6 Å². The number of carbonyl (C=O) groups is 1. The molecule has 2 aromatic heterocycles. The first-order valence-electron chi connectivity index (χ1n) is 15.6. The third kappa shape index (κ3) is 5.50. The lowest BCUT2D eigenvalue weighted by Crippen LogP contribution is -2.32. The van der Waals surface area contributed by atoms with Crippen LogP contribution < -0.4 is 15.2 Å². The average molecular weight is 699 g/mol. The minimum Gasteiger partial charge on any atom is -0.321 e. The molecule has 10 nitrogen and oxygen atoms in total. The molecule has 250 valence electrons. The van der Waals surface area contributed by atoms with Gasteiger partial charge in [0.2, 0.25) is 0 Å². The van der Waals surface area contributed by atoms with Crippen LogP contribution in [0, 0.1) is 19.7 Å². The molecule has 1 N–H and O–H groups in total. The van der Waals surface area contributed by atoms with Crippen molar-refractivity contribution in [3.05, 3.63) is 123 Å². The quantitative estimate of drug-likeness (QED) is 0.184. The van der Waals surface area contributed by atoms with Crippen LogP contribution in [0.2, 0.25) is 5.02 Å². The zero-order valence-corrected chi connectivity index (χ0v) is 28.7. The Balaban J connectivity index is 1.25. The summed E-state index contributed by atoms with van der Waals surface area (Å²) in [7, 11) is -1.35. The summed E-state index contributed by atoms with van der Waals surface area (Å²) in [6, 6.07) is 23.0. The van der Waals surface area contributed by atoms with Crippen molar-refractivity contribution in [2.45, 2.75) is 37.6 Å². The second-order valence-corrected chi connectivity index (χ2v) is 14.5. The molecule has 1 fully saturated rings. The van der Waals surface area contributed by atoms with Gasteiger partial charge in [0.15, 0.2) is 0 Å². The number of carbonyl (C=O) groups excluding carboxylic acids is 1. The highest BCUT2D eigenvalue weighted by atomic mass is 35.5. The molecular weight excluding hydrogens is 667 g/mol. The number of benzene rings is 4. The maximum atomic E-state index is 14.1. The molecule has 1 aliphatic carbocycles. The minimum atomic E-state index is -4.33. The van der Waals surface area contributed by atoms with E-state index in [2.05, 4.69) is 9.88 Å². The molecule has 1 saturated carbocycles. The molecule has 7 rings (SSSR count). The molecule has 0 saturated heterocycles. The van der Waals surface area contributed by atoms with Gasteiger partial charge in [-0.15, -0.1) is 0 Å². The minimum absolute atomic E-state index is 0.0321. The number of hydrogen-bond acceptors (Lipinski definition) is 5. The van der Waals surface area contributed by atoms with Gasteiger partial charge < -0.3 is 9.88 Å². The molecule has 1 amide bonds. The number of imidazole rings is 1. The van der Waals surface area contributed by atoms with Crippen molar-refractivity contribution < 1.29 is 17.6 Å². The predicted molar refractivity (Wildman–Crippen MR) is 189 cm³/mol. The van der Waals surface area contributed by atoms with E-state index >= 15 is 0 Å². The van der Waals surface area contributed by atoms with Crippen LogP contribution in [0.1, 0.15) is 40.5 Å². The summed E-state index contributed by atoms with van der Waals surface area (Å²) in [5.41, 5.74) is 3.52. The number of hydrogen-bond donors (Lipinski definition) is 1. The van der Waals surface area contributed by atoms with Crippen LogP contribution in [0.5, 0.6) is 0 Å². The summed E-state index contributed by atoms with van der Waals surface area (Å²) in [4.78, 5) is 32.1. The van der Waals surface area contributed by atoms with Gasteiger partial charge >= 0.3 is 0 Å². The highest BCUT2D eigenvalue weighted by Crippen LogP contribution is 2.43. The lowest BCUT2D eigenvalue weighted by Gasteiger charge is -2.19. The maximum absolute atomic E-state index is 14.1. The Morgan fingerprint density at radius 3 is 2.45 bits per heavy atom. The van der Waals surface area contributed by atoms with Gasteiger partial charge in [-0.1, -0.05) is 41.9 Å².